The smallest absolute Gasteiger partial charge is 0.339 e. The average molecular weight is 546 g/mol. The number of carbonyl (C=O) groups excluding carboxylic acids is 1. The number of aromatic amines is 1. The number of fused-ring (bicyclic) bond motifs is 1. The molecular weight excluding hydrogens is 514 g/mol. The number of imidazole rings is 1. The summed E-state index contributed by atoms with van der Waals surface area (Å²) >= 11 is 0. The lowest BCUT2D eigenvalue weighted by molar-refractivity contribution is -0.117. The van der Waals surface area contributed by atoms with Crippen molar-refractivity contribution in [1.29, 1.82) is 0 Å². The molecule has 6 rings (SSSR count). The van der Waals surface area contributed by atoms with E-state index in [-0.39, 0.29) is 22.5 Å². The maximum Gasteiger partial charge on any atom is 0.339 e. The number of aromatic nitrogens is 2. The monoisotopic (exact) mass is 545 g/mol. The number of likely N-dealkylation sites (tertiary alicyclic amines) is 1. The Balaban J connectivity index is 1.04. The molecule has 1 saturated heterocycles. The van der Waals surface area contributed by atoms with Gasteiger partial charge in [0, 0.05) is 43.3 Å². The van der Waals surface area contributed by atoms with Crippen molar-refractivity contribution in [3.8, 4) is 5.75 Å². The molecule has 1 amide bonds. The summed E-state index contributed by atoms with van der Waals surface area (Å²) < 4.78 is 31.2. The van der Waals surface area contributed by atoms with Crippen molar-refractivity contribution in [3.63, 3.8) is 0 Å². The van der Waals surface area contributed by atoms with E-state index in [1.807, 2.05) is 6.07 Å². The normalized spacial score (nSPS) is 16.7. The van der Waals surface area contributed by atoms with Crippen LogP contribution in [0.1, 0.15) is 31.2 Å². The zero-order chi connectivity index (χ0) is 26.8. The molecule has 9 nitrogen and oxygen atoms in total. The Hall–Kier alpha value is -3.89. The van der Waals surface area contributed by atoms with Crippen molar-refractivity contribution in [2.24, 2.45) is 5.92 Å². The average Bonchev–Trinajstić information content (AvgIpc) is 3.71. The van der Waals surface area contributed by atoms with Crippen LogP contribution in [0.3, 0.4) is 0 Å². The number of hydrogen-bond donors (Lipinski definition) is 3. The number of carbonyl (C=O) groups is 1. The molecule has 2 heterocycles. The van der Waals surface area contributed by atoms with Crippen molar-refractivity contribution in [2.75, 3.05) is 23.7 Å². The number of anilines is 2. The Morgan fingerprint density at radius 1 is 0.974 bits per heavy atom. The van der Waals surface area contributed by atoms with E-state index in [9.17, 15) is 13.2 Å². The zero-order valence-corrected chi connectivity index (χ0v) is 22.3. The molecule has 2 aliphatic rings. The third-order valence-electron chi connectivity index (χ3n) is 7.20. The third-order valence-corrected chi connectivity index (χ3v) is 8.46. The molecule has 1 aliphatic carbocycles. The molecule has 1 aliphatic heterocycles. The van der Waals surface area contributed by atoms with Gasteiger partial charge in [0.25, 0.3) is 0 Å². The first-order valence-corrected chi connectivity index (χ1v) is 14.7. The molecule has 0 spiro atoms. The van der Waals surface area contributed by atoms with Crippen molar-refractivity contribution < 1.29 is 17.4 Å². The summed E-state index contributed by atoms with van der Waals surface area (Å²) in [6.45, 7) is 2.99. The number of H-pyrrole nitrogens is 1. The van der Waals surface area contributed by atoms with E-state index in [2.05, 4.69) is 49.8 Å². The first-order chi connectivity index (χ1) is 18.9. The molecular formula is C29H31N5O4S. The van der Waals surface area contributed by atoms with Crippen LogP contribution in [-0.4, -0.2) is 48.3 Å². The van der Waals surface area contributed by atoms with Gasteiger partial charge in [-0.05, 0) is 67.6 Å². The maximum atomic E-state index is 12.9. The molecule has 0 atom stereocenters. The van der Waals surface area contributed by atoms with Crippen LogP contribution in [-0.2, 0) is 21.5 Å². The van der Waals surface area contributed by atoms with Gasteiger partial charge in [-0.15, -0.1) is 0 Å². The number of nitrogens with one attached hydrogen (secondary N) is 3. The Kier molecular flexibility index (Phi) is 6.97. The van der Waals surface area contributed by atoms with Crippen LogP contribution in [0.15, 0.2) is 77.7 Å². The van der Waals surface area contributed by atoms with Crippen LogP contribution in [0.25, 0.3) is 11.0 Å². The lowest BCUT2D eigenvalue weighted by Gasteiger charge is -2.33. The molecule has 0 bridgehead atoms. The van der Waals surface area contributed by atoms with E-state index >= 15 is 0 Å². The quantitative estimate of drug-likeness (QED) is 0.260. The first-order valence-electron chi connectivity index (χ1n) is 13.3. The number of amides is 1. The maximum absolute atomic E-state index is 12.9. The van der Waals surface area contributed by atoms with E-state index in [0.717, 1.165) is 51.0 Å². The fourth-order valence-electron chi connectivity index (χ4n) is 4.87. The molecule has 3 aromatic carbocycles. The van der Waals surface area contributed by atoms with E-state index in [0.29, 0.717) is 23.0 Å². The SMILES string of the molecule is O=C(Nc1nc2cc(OS(=O)(=O)c3ccc(NC4CCN(Cc5ccccc5)CC4)cc3)ccc2[nH]1)C1CC1. The summed E-state index contributed by atoms with van der Waals surface area (Å²) in [4.78, 5) is 21.9. The highest BCUT2D eigenvalue weighted by atomic mass is 32.2. The molecule has 0 radical (unpaired) electrons. The molecule has 39 heavy (non-hydrogen) atoms. The molecule has 202 valence electrons. The number of nitrogens with zero attached hydrogens (tertiary/aromatic N) is 2. The minimum atomic E-state index is -4.03. The molecule has 3 N–H and O–H groups in total. The fraction of sp³-hybridized carbons (Fsp3) is 0.310. The lowest BCUT2D eigenvalue weighted by Crippen LogP contribution is -2.38. The minimum absolute atomic E-state index is 0.0560. The Morgan fingerprint density at radius 2 is 1.72 bits per heavy atom. The van der Waals surface area contributed by atoms with Gasteiger partial charge in [-0.2, -0.15) is 8.42 Å². The van der Waals surface area contributed by atoms with Crippen molar-refractivity contribution in [3.05, 3.63) is 78.4 Å². The minimum Gasteiger partial charge on any atom is -0.382 e. The fourth-order valence-corrected chi connectivity index (χ4v) is 5.79. The predicted molar refractivity (Wildman–Crippen MR) is 150 cm³/mol. The molecule has 2 fully saturated rings. The van der Waals surface area contributed by atoms with Crippen molar-refractivity contribution in [1.82, 2.24) is 14.9 Å². The second-order valence-corrected chi connectivity index (χ2v) is 11.8. The van der Waals surface area contributed by atoms with Gasteiger partial charge in [0.2, 0.25) is 11.9 Å². The van der Waals surface area contributed by atoms with Gasteiger partial charge >= 0.3 is 10.1 Å². The molecule has 1 saturated carbocycles. The van der Waals surface area contributed by atoms with E-state index in [4.69, 9.17) is 4.18 Å². The van der Waals surface area contributed by atoms with Gasteiger partial charge < -0.3 is 14.5 Å². The molecule has 4 aromatic rings. The van der Waals surface area contributed by atoms with E-state index < -0.39 is 10.1 Å². The number of benzene rings is 3. The second-order valence-electron chi connectivity index (χ2n) is 10.3. The van der Waals surface area contributed by atoms with Crippen LogP contribution < -0.4 is 14.8 Å². The molecule has 1 aromatic heterocycles. The third kappa shape index (κ3) is 6.23. The van der Waals surface area contributed by atoms with Gasteiger partial charge in [0.05, 0.1) is 11.0 Å². The molecule has 0 unspecified atom stereocenters. The zero-order valence-electron chi connectivity index (χ0n) is 21.5. The summed E-state index contributed by atoms with van der Waals surface area (Å²) in [5.41, 5.74) is 3.39. The van der Waals surface area contributed by atoms with Gasteiger partial charge in [-0.1, -0.05) is 30.3 Å². The van der Waals surface area contributed by atoms with Crippen molar-refractivity contribution >= 4 is 38.7 Å². The van der Waals surface area contributed by atoms with Crippen LogP contribution >= 0.6 is 0 Å². The van der Waals surface area contributed by atoms with Gasteiger partial charge in [0.1, 0.15) is 10.6 Å². The van der Waals surface area contributed by atoms with E-state index in [1.165, 1.54) is 11.6 Å². The largest absolute Gasteiger partial charge is 0.382 e. The van der Waals surface area contributed by atoms with Crippen LogP contribution in [0, 0.1) is 5.92 Å². The Labute approximate surface area is 227 Å². The predicted octanol–water partition coefficient (Wildman–Crippen LogP) is 4.76. The van der Waals surface area contributed by atoms with E-state index in [1.54, 1.807) is 36.4 Å². The highest BCUT2D eigenvalue weighted by Crippen LogP contribution is 2.30. The number of piperidine rings is 1. The number of hydrogen-bond acceptors (Lipinski definition) is 7. The van der Waals surface area contributed by atoms with Crippen molar-refractivity contribution in [2.45, 2.75) is 43.2 Å². The summed E-state index contributed by atoms with van der Waals surface area (Å²) in [6, 6.07) is 22.3. The summed E-state index contributed by atoms with van der Waals surface area (Å²) in [6.07, 6.45) is 3.84. The highest BCUT2D eigenvalue weighted by molar-refractivity contribution is 7.87. The Morgan fingerprint density at radius 3 is 2.44 bits per heavy atom. The summed E-state index contributed by atoms with van der Waals surface area (Å²) in [5.74, 6) is 0.492. The van der Waals surface area contributed by atoms with Gasteiger partial charge in [-0.3, -0.25) is 15.0 Å². The van der Waals surface area contributed by atoms with Crippen LogP contribution in [0.4, 0.5) is 11.6 Å². The van der Waals surface area contributed by atoms with Crippen LogP contribution in [0.5, 0.6) is 5.75 Å². The van der Waals surface area contributed by atoms with Gasteiger partial charge in [-0.25, -0.2) is 4.98 Å². The topological polar surface area (TPSA) is 116 Å². The summed E-state index contributed by atoms with van der Waals surface area (Å²) in [7, 11) is -4.03. The lowest BCUT2D eigenvalue weighted by atomic mass is 10.0. The Bertz CT molecular complexity index is 1560. The number of rotatable bonds is 9. The second kappa shape index (κ2) is 10.7. The van der Waals surface area contributed by atoms with Crippen LogP contribution in [0.2, 0.25) is 0 Å². The molecule has 10 heteroatoms. The highest BCUT2D eigenvalue weighted by Gasteiger charge is 2.30. The van der Waals surface area contributed by atoms with Gasteiger partial charge in [0.15, 0.2) is 0 Å². The first kappa shape index (κ1) is 25.4. The standard InChI is InChI=1S/C29H31N5O4S/c35-28(21-6-7-21)33-29-31-26-13-10-24(18-27(26)32-29)38-39(36,37)25-11-8-22(9-12-25)30-23-14-16-34(17-15-23)19-20-4-2-1-3-5-20/h1-5,8-13,18,21,23,30H,6-7,14-17,19H2,(H2,31,32,33,35). The summed E-state index contributed by atoms with van der Waals surface area (Å²) in [5, 5.41) is 6.30.